The molecule has 19 heteroatoms. The molecule has 0 spiro atoms. The number of esters is 4. The SMILES string of the molecule is CC/C=C\C/C=C\C/C=C\C/C=C\C/C=C\CCCCCC(=O)OCC(COP(=O)(O)OCC(O)COP(=O)(O)OCC(COC(=O)CCCCCCCCC/C=C\C/C=C\C/C=C\CC)OC(=O)CCCCCCC/C=C\C/C=C\CCCCC)OC(=O)CCCC/C=C\C/C=C\C/C=C\C/C=C\CC. The molecule has 0 aromatic heterocycles. The zero-order valence-electron chi connectivity index (χ0n) is 65.8. The number of phosphoric ester groups is 2. The number of rotatable bonds is 74. The van der Waals surface area contributed by atoms with Gasteiger partial charge in [0.05, 0.1) is 26.4 Å². The fourth-order valence-electron chi connectivity index (χ4n) is 10.1. The number of carbonyl (C=O) groups is 4. The van der Waals surface area contributed by atoms with Crippen molar-refractivity contribution in [2.45, 2.75) is 316 Å². The molecule has 0 radical (unpaired) electrons. The lowest BCUT2D eigenvalue weighted by Gasteiger charge is -2.21. The van der Waals surface area contributed by atoms with Crippen molar-refractivity contribution in [1.82, 2.24) is 0 Å². The van der Waals surface area contributed by atoms with Gasteiger partial charge in [0, 0.05) is 25.7 Å². The lowest BCUT2D eigenvalue weighted by molar-refractivity contribution is -0.161. The van der Waals surface area contributed by atoms with Gasteiger partial charge in [0.1, 0.15) is 19.3 Å². The second kappa shape index (κ2) is 77.6. The standard InChI is InChI=1S/C87H142O17P2/c1-5-9-13-17-21-25-29-33-37-39-40-42-46-48-52-56-60-64-68-72-85(90)98-78-83(104-87(92)74-70-66-62-58-54-50-44-36-32-28-24-20-16-12-8-4)80-102-106(95,96)100-76-81(88)75-99-105(93,94)101-79-82(103-86(91)73-69-65-61-57-53-49-43-35-31-27-23-19-15-11-7-3)77-97-84(89)71-67-63-59-55-51-47-45-41-38-34-30-26-22-18-14-10-6-2/h9-10,12-14,16,21-28,33-38,40,42-44,48,52,54,58,81-83,88H,5-8,11,15,17-20,29-32,39,41,45-47,49-51,53,55-57,59-80H2,1-4H3,(H,93,94)(H,95,96)/b13-9-,14-10-,16-12-,25-21-,26-22-,27-23-,28-24-,37-33-,38-34-,42-40-,43-35-,44-36-,52-48-,58-54-. The molecule has 0 aromatic carbocycles. The Morgan fingerprint density at radius 3 is 0.783 bits per heavy atom. The van der Waals surface area contributed by atoms with Gasteiger partial charge in [-0.25, -0.2) is 9.13 Å². The first kappa shape index (κ1) is 100. The average molecular weight is 1520 g/mol. The predicted molar refractivity (Wildman–Crippen MR) is 436 cm³/mol. The first-order valence-corrected chi connectivity index (χ1v) is 43.4. The summed E-state index contributed by atoms with van der Waals surface area (Å²) >= 11 is 0. The van der Waals surface area contributed by atoms with Gasteiger partial charge in [0.15, 0.2) is 12.2 Å². The minimum atomic E-state index is -5.01. The molecule has 602 valence electrons. The molecule has 0 aliphatic carbocycles. The van der Waals surface area contributed by atoms with Gasteiger partial charge in [-0.1, -0.05) is 268 Å². The smallest absolute Gasteiger partial charge is 0.462 e. The predicted octanol–water partition coefficient (Wildman–Crippen LogP) is 23.8. The van der Waals surface area contributed by atoms with Gasteiger partial charge in [-0.05, 0) is 173 Å². The monoisotopic (exact) mass is 1520 g/mol. The molecule has 0 saturated heterocycles. The topological polar surface area (TPSA) is 237 Å². The van der Waals surface area contributed by atoms with Crippen LogP contribution in [0.2, 0.25) is 0 Å². The summed E-state index contributed by atoms with van der Waals surface area (Å²) in [5.74, 6) is -2.30. The first-order valence-electron chi connectivity index (χ1n) is 40.4. The van der Waals surface area contributed by atoms with Crippen LogP contribution in [-0.2, 0) is 65.4 Å². The van der Waals surface area contributed by atoms with Crippen LogP contribution in [0.4, 0.5) is 0 Å². The van der Waals surface area contributed by atoms with E-state index in [0.717, 1.165) is 193 Å². The fourth-order valence-corrected chi connectivity index (χ4v) is 11.7. The number of aliphatic hydroxyl groups excluding tert-OH is 1. The summed E-state index contributed by atoms with van der Waals surface area (Å²) in [5.41, 5.74) is 0. The molecule has 0 rings (SSSR count). The lowest BCUT2D eigenvalue weighted by Crippen LogP contribution is -2.30. The number of hydrogen-bond donors (Lipinski definition) is 3. The Morgan fingerprint density at radius 1 is 0.274 bits per heavy atom. The maximum atomic E-state index is 13.1. The molecule has 0 fully saturated rings. The van der Waals surface area contributed by atoms with Crippen molar-refractivity contribution >= 4 is 39.5 Å². The molecular weight excluding hydrogens is 1380 g/mol. The van der Waals surface area contributed by atoms with E-state index in [1.165, 1.54) is 19.3 Å². The second-order valence-electron chi connectivity index (χ2n) is 26.2. The molecule has 0 aliphatic heterocycles. The summed E-state index contributed by atoms with van der Waals surface area (Å²) in [4.78, 5) is 73.1. The van der Waals surface area contributed by atoms with Crippen molar-refractivity contribution in [3.8, 4) is 0 Å². The molecule has 0 heterocycles. The maximum Gasteiger partial charge on any atom is 0.472 e. The number of carbonyl (C=O) groups excluding carboxylic acids is 4. The number of phosphoric acid groups is 2. The Labute approximate surface area is 642 Å². The molecule has 0 aliphatic rings. The third-order valence-corrected chi connectivity index (χ3v) is 18.1. The lowest BCUT2D eigenvalue weighted by atomic mass is 10.1. The van der Waals surface area contributed by atoms with Gasteiger partial charge in [-0.15, -0.1) is 0 Å². The number of unbranched alkanes of at least 4 members (excludes halogenated alkanes) is 20. The van der Waals surface area contributed by atoms with Crippen LogP contribution in [0.25, 0.3) is 0 Å². The molecule has 3 N–H and O–H groups in total. The van der Waals surface area contributed by atoms with Crippen molar-refractivity contribution in [3.63, 3.8) is 0 Å². The maximum absolute atomic E-state index is 13.1. The summed E-state index contributed by atoms with van der Waals surface area (Å²) in [5, 5.41) is 10.7. The Bertz CT molecular complexity index is 2680. The Hall–Kier alpha value is -5.58. The molecule has 106 heavy (non-hydrogen) atoms. The van der Waals surface area contributed by atoms with Crippen molar-refractivity contribution in [3.05, 3.63) is 170 Å². The van der Waals surface area contributed by atoms with E-state index in [4.69, 9.17) is 37.0 Å². The minimum Gasteiger partial charge on any atom is -0.462 e. The molecule has 17 nitrogen and oxygen atoms in total. The Morgan fingerprint density at radius 2 is 0.491 bits per heavy atom. The fraction of sp³-hybridized carbons (Fsp3) is 0.632. The molecular formula is C87H142O17P2. The summed E-state index contributed by atoms with van der Waals surface area (Å²) in [6.07, 6.45) is 91.9. The van der Waals surface area contributed by atoms with Crippen LogP contribution in [0.1, 0.15) is 297 Å². The normalized spacial score (nSPS) is 14.7. The molecule has 5 unspecified atom stereocenters. The van der Waals surface area contributed by atoms with E-state index in [0.29, 0.717) is 32.1 Å². The largest absolute Gasteiger partial charge is 0.472 e. The summed E-state index contributed by atoms with van der Waals surface area (Å²) in [7, 11) is -10.0. The highest BCUT2D eigenvalue weighted by molar-refractivity contribution is 7.47. The van der Waals surface area contributed by atoms with Crippen molar-refractivity contribution < 1.29 is 80.2 Å². The number of ether oxygens (including phenoxy) is 4. The Balaban J connectivity index is 5.46. The highest BCUT2D eigenvalue weighted by atomic mass is 31.2. The van der Waals surface area contributed by atoms with Gasteiger partial charge >= 0.3 is 39.5 Å². The van der Waals surface area contributed by atoms with E-state index in [1.807, 2.05) is 0 Å². The Kier molecular flexibility index (Phi) is 73.5. The van der Waals surface area contributed by atoms with E-state index < -0.39 is 97.5 Å². The van der Waals surface area contributed by atoms with Crippen molar-refractivity contribution in [2.75, 3.05) is 39.6 Å². The van der Waals surface area contributed by atoms with Crippen LogP contribution < -0.4 is 0 Å². The number of allylic oxidation sites excluding steroid dienone is 28. The van der Waals surface area contributed by atoms with Gasteiger partial charge in [-0.2, -0.15) is 0 Å². The van der Waals surface area contributed by atoms with Crippen LogP contribution in [0, 0.1) is 0 Å². The first-order chi connectivity index (χ1) is 51.7. The summed E-state index contributed by atoms with van der Waals surface area (Å²) in [6.45, 7) is 4.39. The molecule has 0 aromatic rings. The van der Waals surface area contributed by atoms with Gasteiger partial charge in [-0.3, -0.25) is 37.3 Å². The second-order valence-corrected chi connectivity index (χ2v) is 29.1. The molecule has 5 atom stereocenters. The molecule has 0 saturated carbocycles. The van der Waals surface area contributed by atoms with Crippen LogP contribution in [0.15, 0.2) is 170 Å². The highest BCUT2D eigenvalue weighted by Crippen LogP contribution is 2.45. The zero-order chi connectivity index (χ0) is 77.4. The molecule has 0 bridgehead atoms. The van der Waals surface area contributed by atoms with E-state index in [2.05, 4.69) is 198 Å². The van der Waals surface area contributed by atoms with E-state index in [-0.39, 0.29) is 25.7 Å². The van der Waals surface area contributed by atoms with Gasteiger partial charge in [0.2, 0.25) is 0 Å². The van der Waals surface area contributed by atoms with Crippen LogP contribution in [0.3, 0.4) is 0 Å². The van der Waals surface area contributed by atoms with E-state index in [9.17, 15) is 43.2 Å². The van der Waals surface area contributed by atoms with Crippen molar-refractivity contribution in [1.29, 1.82) is 0 Å². The third-order valence-electron chi connectivity index (χ3n) is 16.2. The number of hydrogen-bond acceptors (Lipinski definition) is 15. The molecule has 0 amide bonds. The van der Waals surface area contributed by atoms with E-state index >= 15 is 0 Å². The van der Waals surface area contributed by atoms with E-state index in [1.54, 1.807) is 0 Å². The van der Waals surface area contributed by atoms with Crippen LogP contribution in [0.5, 0.6) is 0 Å². The summed E-state index contributed by atoms with van der Waals surface area (Å²) in [6, 6.07) is 0. The van der Waals surface area contributed by atoms with Crippen LogP contribution >= 0.6 is 15.6 Å². The zero-order valence-corrected chi connectivity index (χ0v) is 67.6. The number of aliphatic hydroxyl groups is 1. The minimum absolute atomic E-state index is 0.0285. The van der Waals surface area contributed by atoms with Crippen LogP contribution in [-0.4, -0.2) is 96.7 Å². The van der Waals surface area contributed by atoms with Crippen molar-refractivity contribution in [2.24, 2.45) is 0 Å². The quantitative estimate of drug-likeness (QED) is 0.0169. The summed E-state index contributed by atoms with van der Waals surface area (Å²) < 4.78 is 68.6. The van der Waals surface area contributed by atoms with Gasteiger partial charge < -0.3 is 33.8 Å². The highest BCUT2D eigenvalue weighted by Gasteiger charge is 2.30. The van der Waals surface area contributed by atoms with Gasteiger partial charge in [0.25, 0.3) is 0 Å². The third kappa shape index (κ3) is 76.6. The average Bonchev–Trinajstić information content (AvgIpc) is 0.909.